The summed E-state index contributed by atoms with van der Waals surface area (Å²) in [6, 6.07) is 0. The SMILES string of the molecule is CC(C)(C)[Si](C)(C)C1CNC1. The van der Waals surface area contributed by atoms with Crippen LogP contribution in [0.5, 0.6) is 0 Å². The van der Waals surface area contributed by atoms with Crippen molar-refractivity contribution in [1.29, 1.82) is 0 Å². The van der Waals surface area contributed by atoms with Crippen molar-refractivity contribution in [1.82, 2.24) is 5.32 Å². The highest BCUT2D eigenvalue weighted by Gasteiger charge is 2.44. The average Bonchev–Trinajstić information content (AvgIpc) is 1.53. The molecule has 1 heterocycles. The zero-order chi connectivity index (χ0) is 8.70. The largest absolute Gasteiger partial charge is 0.317 e. The lowest BCUT2D eigenvalue weighted by Crippen LogP contribution is -2.55. The Bertz CT molecular complexity index is 142. The Labute approximate surface area is 71.6 Å². The van der Waals surface area contributed by atoms with Crippen molar-refractivity contribution >= 4 is 8.07 Å². The molecule has 1 N–H and O–H groups in total. The molecule has 0 atom stereocenters. The van der Waals surface area contributed by atoms with Gasteiger partial charge in [0, 0.05) is 0 Å². The van der Waals surface area contributed by atoms with E-state index in [1.807, 2.05) is 0 Å². The fourth-order valence-electron chi connectivity index (χ4n) is 1.41. The van der Waals surface area contributed by atoms with Crippen LogP contribution in [0.3, 0.4) is 0 Å². The van der Waals surface area contributed by atoms with E-state index in [2.05, 4.69) is 39.2 Å². The molecule has 1 aliphatic heterocycles. The Hall–Kier alpha value is 0.177. The zero-order valence-corrected chi connectivity index (χ0v) is 9.49. The summed E-state index contributed by atoms with van der Waals surface area (Å²) in [4.78, 5) is 0. The van der Waals surface area contributed by atoms with Gasteiger partial charge in [0.25, 0.3) is 0 Å². The van der Waals surface area contributed by atoms with Gasteiger partial charge in [-0.05, 0) is 23.7 Å². The topological polar surface area (TPSA) is 12.0 Å². The molecule has 66 valence electrons. The van der Waals surface area contributed by atoms with E-state index in [4.69, 9.17) is 0 Å². The zero-order valence-electron chi connectivity index (χ0n) is 8.49. The fraction of sp³-hybridized carbons (Fsp3) is 1.00. The third kappa shape index (κ3) is 1.52. The van der Waals surface area contributed by atoms with Gasteiger partial charge in [-0.25, -0.2) is 0 Å². The Balaban J connectivity index is 2.64. The molecule has 2 heteroatoms. The van der Waals surface area contributed by atoms with Gasteiger partial charge >= 0.3 is 0 Å². The maximum atomic E-state index is 3.37. The van der Waals surface area contributed by atoms with E-state index in [0.29, 0.717) is 5.04 Å². The second-order valence-electron chi connectivity index (χ2n) is 5.33. The maximum absolute atomic E-state index is 3.37. The molecule has 1 fully saturated rings. The van der Waals surface area contributed by atoms with Gasteiger partial charge < -0.3 is 5.32 Å². The number of nitrogens with one attached hydrogen (secondary N) is 1. The van der Waals surface area contributed by atoms with E-state index in [9.17, 15) is 0 Å². The summed E-state index contributed by atoms with van der Waals surface area (Å²) in [5.74, 6) is 0. The van der Waals surface area contributed by atoms with Crippen LogP contribution in [0.1, 0.15) is 20.8 Å². The third-order valence-electron chi connectivity index (χ3n) is 3.74. The van der Waals surface area contributed by atoms with Gasteiger partial charge in [0.05, 0.1) is 8.07 Å². The van der Waals surface area contributed by atoms with Gasteiger partial charge in [0.1, 0.15) is 0 Å². The quantitative estimate of drug-likeness (QED) is 0.598. The Morgan fingerprint density at radius 3 is 1.73 bits per heavy atom. The molecule has 0 bridgehead atoms. The molecule has 0 aromatic carbocycles. The van der Waals surface area contributed by atoms with Crippen LogP contribution >= 0.6 is 0 Å². The molecule has 0 spiro atoms. The summed E-state index contributed by atoms with van der Waals surface area (Å²) in [7, 11) is -0.984. The minimum absolute atomic E-state index is 0.569. The predicted molar refractivity (Wildman–Crippen MR) is 53.8 cm³/mol. The summed E-state index contributed by atoms with van der Waals surface area (Å²) in [5.41, 5.74) is 1.02. The van der Waals surface area contributed by atoms with E-state index in [-0.39, 0.29) is 0 Å². The summed E-state index contributed by atoms with van der Waals surface area (Å²) in [5, 5.41) is 3.94. The van der Waals surface area contributed by atoms with Crippen LogP contribution in [0.25, 0.3) is 0 Å². The predicted octanol–water partition coefficient (Wildman–Crippen LogP) is 2.47. The van der Waals surface area contributed by atoms with E-state index < -0.39 is 8.07 Å². The second kappa shape index (κ2) is 2.59. The molecule has 11 heavy (non-hydrogen) atoms. The van der Waals surface area contributed by atoms with Crippen LogP contribution in [-0.2, 0) is 0 Å². The van der Waals surface area contributed by atoms with Crippen molar-refractivity contribution in [3.63, 3.8) is 0 Å². The number of rotatable bonds is 1. The highest BCUT2D eigenvalue weighted by atomic mass is 28.3. The summed E-state index contributed by atoms with van der Waals surface area (Å²) < 4.78 is 0. The maximum Gasteiger partial charge on any atom is 0.0586 e. The molecule has 0 radical (unpaired) electrons. The average molecular weight is 171 g/mol. The first-order valence-corrected chi connectivity index (χ1v) is 7.64. The Kier molecular flexibility index (Phi) is 2.19. The molecule has 1 saturated heterocycles. The molecular weight excluding hydrogens is 150 g/mol. The number of hydrogen-bond donors (Lipinski definition) is 1. The standard InChI is InChI=1S/C9H21NSi/c1-9(2,3)11(4,5)8-6-10-7-8/h8,10H,6-7H2,1-5H3. The van der Waals surface area contributed by atoms with Crippen molar-refractivity contribution in [2.75, 3.05) is 13.1 Å². The monoisotopic (exact) mass is 171 g/mol. The van der Waals surface area contributed by atoms with Gasteiger partial charge in [0.15, 0.2) is 0 Å². The lowest BCUT2D eigenvalue weighted by Gasteiger charge is -2.47. The van der Waals surface area contributed by atoms with Crippen LogP contribution in [0, 0.1) is 0 Å². The molecule has 1 aliphatic rings. The number of hydrogen-bond acceptors (Lipinski definition) is 1. The van der Waals surface area contributed by atoms with Crippen LogP contribution in [-0.4, -0.2) is 21.2 Å². The van der Waals surface area contributed by atoms with Gasteiger partial charge in [-0.1, -0.05) is 33.9 Å². The first-order valence-electron chi connectivity index (χ1n) is 4.56. The molecule has 0 saturated carbocycles. The smallest absolute Gasteiger partial charge is 0.0586 e. The van der Waals surface area contributed by atoms with Crippen molar-refractivity contribution in [3.8, 4) is 0 Å². The molecule has 0 aromatic rings. The minimum atomic E-state index is -0.984. The van der Waals surface area contributed by atoms with Crippen molar-refractivity contribution in [2.24, 2.45) is 0 Å². The van der Waals surface area contributed by atoms with Crippen LogP contribution in [0.2, 0.25) is 23.7 Å². The molecule has 0 aromatic heterocycles. The van der Waals surface area contributed by atoms with E-state index in [1.165, 1.54) is 13.1 Å². The molecule has 0 aliphatic carbocycles. The molecule has 1 nitrogen and oxygen atoms in total. The molecule has 0 unspecified atom stereocenters. The van der Waals surface area contributed by atoms with Gasteiger partial charge in [0.2, 0.25) is 0 Å². The van der Waals surface area contributed by atoms with Crippen molar-refractivity contribution in [2.45, 2.75) is 44.4 Å². The second-order valence-corrected chi connectivity index (χ2v) is 11.1. The lowest BCUT2D eigenvalue weighted by molar-refractivity contribution is 0.492. The van der Waals surface area contributed by atoms with E-state index >= 15 is 0 Å². The van der Waals surface area contributed by atoms with E-state index in [0.717, 1.165) is 5.54 Å². The highest BCUT2D eigenvalue weighted by molar-refractivity contribution is 6.81. The fourth-order valence-corrected chi connectivity index (χ4v) is 3.95. The summed E-state index contributed by atoms with van der Waals surface area (Å²) in [6.07, 6.45) is 0. The molecular formula is C9H21NSi. The normalized spacial score (nSPS) is 21.5. The van der Waals surface area contributed by atoms with Gasteiger partial charge in [-0.15, -0.1) is 0 Å². The van der Waals surface area contributed by atoms with Crippen molar-refractivity contribution < 1.29 is 0 Å². The van der Waals surface area contributed by atoms with Gasteiger partial charge in [-0.3, -0.25) is 0 Å². The van der Waals surface area contributed by atoms with Gasteiger partial charge in [-0.2, -0.15) is 0 Å². The lowest BCUT2D eigenvalue weighted by atomic mass is 10.2. The van der Waals surface area contributed by atoms with Crippen LogP contribution in [0.4, 0.5) is 0 Å². The first-order chi connectivity index (χ1) is 4.86. The Morgan fingerprint density at radius 1 is 1.18 bits per heavy atom. The van der Waals surface area contributed by atoms with Crippen molar-refractivity contribution in [3.05, 3.63) is 0 Å². The third-order valence-corrected chi connectivity index (χ3v) is 10.1. The molecule has 1 rings (SSSR count). The first kappa shape index (κ1) is 9.27. The summed E-state index contributed by atoms with van der Waals surface area (Å²) >= 11 is 0. The summed E-state index contributed by atoms with van der Waals surface area (Å²) in [6.45, 7) is 14.8. The highest BCUT2D eigenvalue weighted by Crippen LogP contribution is 2.44. The molecule has 0 amide bonds. The van der Waals surface area contributed by atoms with Crippen LogP contribution in [0.15, 0.2) is 0 Å². The van der Waals surface area contributed by atoms with E-state index in [1.54, 1.807) is 0 Å². The Morgan fingerprint density at radius 2 is 1.64 bits per heavy atom. The van der Waals surface area contributed by atoms with Crippen LogP contribution < -0.4 is 5.32 Å². The minimum Gasteiger partial charge on any atom is -0.317 e.